The highest BCUT2D eigenvalue weighted by molar-refractivity contribution is 6.30. The van der Waals surface area contributed by atoms with E-state index in [0.29, 0.717) is 0 Å². The second kappa shape index (κ2) is 6.93. The van der Waals surface area contributed by atoms with E-state index >= 15 is 0 Å². The van der Waals surface area contributed by atoms with Crippen LogP contribution < -0.4 is 0 Å². The quantitative estimate of drug-likeness (QED) is 0.627. The molecule has 0 aliphatic carbocycles. The summed E-state index contributed by atoms with van der Waals surface area (Å²) in [5, 5.41) is 9.67. The smallest absolute Gasteiger partial charge is 0.326 e. The van der Waals surface area contributed by atoms with Crippen LogP contribution in [0.25, 0.3) is 0 Å². The monoisotopic (exact) mass is 326 g/mol. The average molecular weight is 326 g/mol. The van der Waals surface area contributed by atoms with E-state index < -0.39 is 51.6 Å². The number of carboxylic acid groups (broad SMARTS) is 1. The summed E-state index contributed by atoms with van der Waals surface area (Å²) in [5.41, 5.74) is -5.48. The van der Waals surface area contributed by atoms with Crippen molar-refractivity contribution in [2.24, 2.45) is 16.7 Å². The van der Waals surface area contributed by atoms with Crippen LogP contribution in [0.4, 0.5) is 0 Å². The number of rotatable bonds is 9. The third-order valence-corrected chi connectivity index (χ3v) is 4.50. The molecule has 0 radical (unpaired) electrons. The summed E-state index contributed by atoms with van der Waals surface area (Å²) in [6, 6.07) is 0. The molecule has 0 aromatic heterocycles. The summed E-state index contributed by atoms with van der Waals surface area (Å²) in [5.74, 6) is -8.19. The Morgan fingerprint density at radius 1 is 0.783 bits per heavy atom. The summed E-state index contributed by atoms with van der Waals surface area (Å²) >= 11 is 0. The summed E-state index contributed by atoms with van der Waals surface area (Å²) in [6.45, 7) is 6.11. The lowest BCUT2D eigenvalue weighted by Gasteiger charge is -2.45. The number of Topliss-reactive ketones (excluding diaryl/α,β-unsaturated/α-hetero) is 5. The Bertz CT molecular complexity index is 535. The molecule has 0 saturated heterocycles. The Morgan fingerprint density at radius 3 is 1.26 bits per heavy atom. The number of ketones is 5. The number of hydrogen-bond donors (Lipinski definition) is 1. The van der Waals surface area contributed by atoms with Crippen molar-refractivity contribution in [1.29, 1.82) is 0 Å². The van der Waals surface area contributed by atoms with Gasteiger partial charge in [0.1, 0.15) is 22.8 Å². The van der Waals surface area contributed by atoms with Crippen molar-refractivity contribution in [1.82, 2.24) is 0 Å². The minimum Gasteiger partial charge on any atom is -0.480 e. The molecule has 0 fully saturated rings. The standard InChI is InChI=1S/C16H22O7/c1-7-13(8(2)17)15(9(3)18,10(4)19)16(11(5)20,12(6)21)14(22)23/h13H,7H2,1-6H3,(H,22,23). The molecule has 23 heavy (non-hydrogen) atoms. The molecule has 1 N–H and O–H groups in total. The van der Waals surface area contributed by atoms with Crippen LogP contribution >= 0.6 is 0 Å². The maximum atomic E-state index is 12.4. The molecule has 0 saturated carbocycles. The highest BCUT2D eigenvalue weighted by Crippen LogP contribution is 2.50. The third kappa shape index (κ3) is 2.64. The molecule has 1 unspecified atom stereocenters. The van der Waals surface area contributed by atoms with E-state index in [1.165, 1.54) is 6.92 Å². The van der Waals surface area contributed by atoms with Gasteiger partial charge < -0.3 is 5.11 Å². The van der Waals surface area contributed by atoms with Crippen LogP contribution in [0.5, 0.6) is 0 Å². The van der Waals surface area contributed by atoms with Gasteiger partial charge in [0.25, 0.3) is 0 Å². The largest absolute Gasteiger partial charge is 0.480 e. The van der Waals surface area contributed by atoms with Gasteiger partial charge in [0.2, 0.25) is 5.41 Å². The number of carbonyl (C=O) groups excluding carboxylic acids is 5. The molecule has 0 amide bonds. The van der Waals surface area contributed by atoms with E-state index in [2.05, 4.69) is 0 Å². The van der Waals surface area contributed by atoms with Gasteiger partial charge in [0.05, 0.1) is 0 Å². The molecule has 0 aromatic carbocycles. The van der Waals surface area contributed by atoms with Crippen LogP contribution in [0, 0.1) is 16.7 Å². The lowest BCUT2D eigenvalue weighted by molar-refractivity contribution is -0.181. The van der Waals surface area contributed by atoms with Crippen molar-refractivity contribution in [2.45, 2.75) is 48.0 Å². The molecular formula is C16H22O7. The first-order chi connectivity index (χ1) is 10.4. The van der Waals surface area contributed by atoms with Gasteiger partial charge >= 0.3 is 5.97 Å². The molecule has 128 valence electrons. The molecule has 7 nitrogen and oxygen atoms in total. The van der Waals surface area contributed by atoms with Gasteiger partial charge in [-0.05, 0) is 41.0 Å². The maximum absolute atomic E-state index is 12.4. The van der Waals surface area contributed by atoms with Gasteiger partial charge in [-0.1, -0.05) is 6.92 Å². The predicted molar refractivity (Wildman–Crippen MR) is 79.7 cm³/mol. The minimum atomic E-state index is -2.92. The number of hydrogen-bond acceptors (Lipinski definition) is 6. The zero-order valence-corrected chi connectivity index (χ0v) is 14.2. The van der Waals surface area contributed by atoms with E-state index in [1.54, 1.807) is 0 Å². The van der Waals surface area contributed by atoms with Crippen molar-refractivity contribution in [2.75, 3.05) is 0 Å². The lowest BCUT2D eigenvalue weighted by atomic mass is 9.49. The second-order valence-electron chi connectivity index (χ2n) is 5.66. The topological polar surface area (TPSA) is 123 Å². The molecule has 0 aliphatic rings. The van der Waals surface area contributed by atoms with Crippen LogP contribution in [0.2, 0.25) is 0 Å². The van der Waals surface area contributed by atoms with Crippen molar-refractivity contribution < 1.29 is 33.9 Å². The first-order valence-corrected chi connectivity index (χ1v) is 7.14. The van der Waals surface area contributed by atoms with Gasteiger partial charge in [0.15, 0.2) is 11.6 Å². The van der Waals surface area contributed by atoms with Gasteiger partial charge in [0, 0.05) is 5.92 Å². The Hall–Kier alpha value is -2.18. The van der Waals surface area contributed by atoms with Gasteiger partial charge in [-0.15, -0.1) is 0 Å². The Kier molecular flexibility index (Phi) is 6.28. The van der Waals surface area contributed by atoms with Gasteiger partial charge in [-0.3, -0.25) is 28.8 Å². The minimum absolute atomic E-state index is 0.0654. The zero-order valence-electron chi connectivity index (χ0n) is 14.2. The molecule has 7 heteroatoms. The molecular weight excluding hydrogens is 304 g/mol. The van der Waals surface area contributed by atoms with Crippen LogP contribution in [-0.4, -0.2) is 40.0 Å². The Labute approximate surface area is 134 Å². The molecule has 0 aliphatic heterocycles. The summed E-state index contributed by atoms with van der Waals surface area (Å²) in [7, 11) is 0. The van der Waals surface area contributed by atoms with E-state index in [4.69, 9.17) is 0 Å². The Morgan fingerprint density at radius 2 is 1.13 bits per heavy atom. The fourth-order valence-electron chi connectivity index (χ4n) is 3.70. The summed E-state index contributed by atoms with van der Waals surface area (Å²) in [4.78, 5) is 73.3. The first-order valence-electron chi connectivity index (χ1n) is 7.14. The zero-order chi connectivity index (χ0) is 18.7. The lowest BCUT2D eigenvalue weighted by Crippen LogP contribution is -2.66. The van der Waals surface area contributed by atoms with Crippen molar-refractivity contribution in [3.8, 4) is 0 Å². The van der Waals surface area contributed by atoms with Gasteiger partial charge in [-0.25, -0.2) is 0 Å². The molecule has 1 atom stereocenters. The normalized spacial score (nSPS) is 13.1. The highest BCUT2D eigenvalue weighted by atomic mass is 16.4. The maximum Gasteiger partial charge on any atom is 0.326 e. The van der Waals surface area contributed by atoms with Crippen molar-refractivity contribution >= 4 is 34.9 Å². The number of carboxylic acids is 1. The van der Waals surface area contributed by atoms with Gasteiger partial charge in [-0.2, -0.15) is 0 Å². The molecule has 0 rings (SSSR count). The van der Waals surface area contributed by atoms with Crippen LogP contribution in [0.3, 0.4) is 0 Å². The highest BCUT2D eigenvalue weighted by Gasteiger charge is 2.71. The van der Waals surface area contributed by atoms with Crippen molar-refractivity contribution in [3.05, 3.63) is 0 Å². The van der Waals surface area contributed by atoms with Crippen LogP contribution in [-0.2, 0) is 28.8 Å². The average Bonchev–Trinajstić information content (AvgIpc) is 2.35. The van der Waals surface area contributed by atoms with E-state index in [1.807, 2.05) is 0 Å². The Balaban J connectivity index is 7.39. The van der Waals surface area contributed by atoms with Crippen LogP contribution in [0.1, 0.15) is 48.0 Å². The number of aliphatic carboxylic acids is 1. The second-order valence-corrected chi connectivity index (χ2v) is 5.66. The predicted octanol–water partition coefficient (Wildman–Crippen LogP) is 1.01. The fourth-order valence-corrected chi connectivity index (χ4v) is 3.70. The SMILES string of the molecule is CCC(C(C)=O)C(C(C)=O)(C(C)=O)C(C(C)=O)(C(C)=O)C(=O)O. The fraction of sp³-hybridized carbons (Fsp3) is 0.625. The van der Waals surface area contributed by atoms with Crippen molar-refractivity contribution in [3.63, 3.8) is 0 Å². The third-order valence-electron chi connectivity index (χ3n) is 4.50. The van der Waals surface area contributed by atoms with E-state index in [9.17, 15) is 33.9 Å². The van der Waals surface area contributed by atoms with Crippen LogP contribution in [0.15, 0.2) is 0 Å². The molecule has 0 heterocycles. The summed E-state index contributed by atoms with van der Waals surface area (Å²) in [6.07, 6.45) is -0.0654. The summed E-state index contributed by atoms with van der Waals surface area (Å²) < 4.78 is 0. The first kappa shape index (κ1) is 20.8. The van der Waals surface area contributed by atoms with E-state index in [-0.39, 0.29) is 6.42 Å². The molecule has 0 aromatic rings. The van der Waals surface area contributed by atoms with E-state index in [0.717, 1.165) is 34.6 Å². The molecule has 0 bridgehead atoms. The number of carbonyl (C=O) groups is 6. The molecule has 0 spiro atoms.